The van der Waals surface area contributed by atoms with Crippen LogP contribution in [-0.4, -0.2) is 4.57 Å². The summed E-state index contributed by atoms with van der Waals surface area (Å²) in [6.45, 7) is 0.728. The molecule has 0 atom stereocenters. The van der Waals surface area contributed by atoms with Gasteiger partial charge in [-0.05, 0) is 24.1 Å². The molecule has 2 N–H and O–H groups in total. The number of aryl methyl sites for hydroxylation is 2. The third-order valence-electron chi connectivity index (χ3n) is 2.27. The van der Waals surface area contributed by atoms with E-state index in [9.17, 15) is 4.79 Å². The fraction of sp³-hybridized carbons (Fsp3) is 0.182. The van der Waals surface area contributed by atoms with Gasteiger partial charge in [0.25, 0.3) is 0 Å². The highest BCUT2D eigenvalue weighted by molar-refractivity contribution is 7.07. The third-order valence-corrected chi connectivity index (χ3v) is 2.96. The third kappa shape index (κ3) is 2.47. The van der Waals surface area contributed by atoms with Crippen LogP contribution in [-0.2, 0) is 13.0 Å². The number of anilines is 1. The maximum Gasteiger partial charge on any atom is 0.307 e. The second kappa shape index (κ2) is 4.31. The number of nitrogens with zero attached hydrogens (tertiary/aromatic N) is 1. The fourth-order valence-electron chi connectivity index (χ4n) is 1.39. The van der Waals surface area contributed by atoms with E-state index in [1.807, 2.05) is 35.8 Å². The Morgan fingerprint density at radius 1 is 1.27 bits per heavy atom. The first-order valence-corrected chi connectivity index (χ1v) is 5.62. The molecular formula is C11H12N2OS. The standard InChI is InChI=1S/C11H12N2OS/c12-10-3-1-9(2-4-10)5-6-13-7-8-15-11(13)14/h1-4,7-8H,5-6,12H2. The van der Waals surface area contributed by atoms with Gasteiger partial charge in [-0.2, -0.15) is 0 Å². The Labute approximate surface area is 91.8 Å². The lowest BCUT2D eigenvalue weighted by Crippen LogP contribution is -2.13. The van der Waals surface area contributed by atoms with Crippen LogP contribution in [0.15, 0.2) is 40.6 Å². The first kappa shape index (κ1) is 9.98. The molecule has 4 heteroatoms. The molecule has 0 saturated carbocycles. The molecule has 0 aliphatic heterocycles. The van der Waals surface area contributed by atoms with Crippen molar-refractivity contribution in [3.63, 3.8) is 0 Å². The molecule has 15 heavy (non-hydrogen) atoms. The predicted octanol–water partition coefficient (Wildman–Crippen LogP) is 1.73. The smallest absolute Gasteiger partial charge is 0.307 e. The molecule has 0 amide bonds. The van der Waals surface area contributed by atoms with Crippen molar-refractivity contribution in [2.24, 2.45) is 0 Å². The number of aromatic nitrogens is 1. The first-order valence-electron chi connectivity index (χ1n) is 4.74. The number of hydrogen-bond donors (Lipinski definition) is 1. The van der Waals surface area contributed by atoms with Gasteiger partial charge < -0.3 is 10.3 Å². The van der Waals surface area contributed by atoms with E-state index in [-0.39, 0.29) is 4.87 Å². The lowest BCUT2D eigenvalue weighted by molar-refractivity contribution is 0.686. The summed E-state index contributed by atoms with van der Waals surface area (Å²) in [5.74, 6) is 0. The van der Waals surface area contributed by atoms with Gasteiger partial charge in [0.1, 0.15) is 0 Å². The highest BCUT2D eigenvalue weighted by Gasteiger charge is 1.97. The van der Waals surface area contributed by atoms with Crippen LogP contribution < -0.4 is 10.6 Å². The topological polar surface area (TPSA) is 48.0 Å². The maximum absolute atomic E-state index is 11.3. The number of rotatable bonds is 3. The van der Waals surface area contributed by atoms with E-state index in [4.69, 9.17) is 5.73 Å². The minimum absolute atomic E-state index is 0.102. The van der Waals surface area contributed by atoms with Crippen LogP contribution in [0.3, 0.4) is 0 Å². The monoisotopic (exact) mass is 220 g/mol. The molecule has 0 bridgehead atoms. The van der Waals surface area contributed by atoms with Crippen molar-refractivity contribution in [2.45, 2.75) is 13.0 Å². The summed E-state index contributed by atoms with van der Waals surface area (Å²) in [6, 6.07) is 7.75. The molecule has 0 unspecified atom stereocenters. The zero-order valence-electron chi connectivity index (χ0n) is 8.22. The summed E-state index contributed by atoms with van der Waals surface area (Å²) in [5, 5.41) is 1.81. The predicted molar refractivity (Wildman–Crippen MR) is 63.1 cm³/mol. The van der Waals surface area contributed by atoms with Crippen molar-refractivity contribution in [3.05, 3.63) is 51.1 Å². The number of nitrogens with two attached hydrogens (primary N) is 1. The minimum atomic E-state index is 0.102. The van der Waals surface area contributed by atoms with Gasteiger partial charge in [0.15, 0.2) is 0 Å². The number of thiazole rings is 1. The molecule has 0 aliphatic carbocycles. The summed E-state index contributed by atoms with van der Waals surface area (Å²) in [5.41, 5.74) is 7.55. The second-order valence-electron chi connectivity index (χ2n) is 3.35. The van der Waals surface area contributed by atoms with Crippen molar-refractivity contribution in [1.29, 1.82) is 0 Å². The zero-order chi connectivity index (χ0) is 10.7. The van der Waals surface area contributed by atoms with Crippen LogP contribution >= 0.6 is 11.3 Å². The number of nitrogen functional groups attached to an aromatic ring is 1. The summed E-state index contributed by atoms with van der Waals surface area (Å²) in [4.78, 5) is 11.4. The van der Waals surface area contributed by atoms with Crippen molar-refractivity contribution < 1.29 is 0 Å². The highest BCUT2D eigenvalue weighted by Crippen LogP contribution is 2.06. The molecule has 0 saturated heterocycles. The number of hydrogen-bond acceptors (Lipinski definition) is 3. The van der Waals surface area contributed by atoms with E-state index < -0.39 is 0 Å². The molecule has 2 rings (SSSR count). The Balaban J connectivity index is 2.02. The molecular weight excluding hydrogens is 208 g/mol. The van der Waals surface area contributed by atoms with E-state index in [0.717, 1.165) is 18.7 Å². The Morgan fingerprint density at radius 3 is 2.60 bits per heavy atom. The summed E-state index contributed by atoms with van der Waals surface area (Å²) in [6.07, 6.45) is 2.68. The molecule has 78 valence electrons. The lowest BCUT2D eigenvalue weighted by Gasteiger charge is -2.02. The Hall–Kier alpha value is -1.55. The molecule has 1 heterocycles. The highest BCUT2D eigenvalue weighted by atomic mass is 32.1. The molecule has 1 aromatic heterocycles. The molecule has 0 fully saturated rings. The molecule has 0 aliphatic rings. The minimum Gasteiger partial charge on any atom is -0.399 e. The Morgan fingerprint density at radius 2 is 2.00 bits per heavy atom. The average Bonchev–Trinajstić information content (AvgIpc) is 2.63. The van der Waals surface area contributed by atoms with Crippen LogP contribution in [0.5, 0.6) is 0 Å². The average molecular weight is 220 g/mol. The van der Waals surface area contributed by atoms with Crippen molar-refractivity contribution in [1.82, 2.24) is 4.57 Å². The van der Waals surface area contributed by atoms with Crippen LogP contribution in [0.25, 0.3) is 0 Å². The van der Waals surface area contributed by atoms with Gasteiger partial charge in [0.05, 0.1) is 0 Å². The molecule has 0 radical (unpaired) electrons. The summed E-state index contributed by atoms with van der Waals surface area (Å²) in [7, 11) is 0. The summed E-state index contributed by atoms with van der Waals surface area (Å²) >= 11 is 1.23. The number of benzene rings is 1. The van der Waals surface area contributed by atoms with Gasteiger partial charge in [0, 0.05) is 23.8 Å². The van der Waals surface area contributed by atoms with Gasteiger partial charge in [-0.25, -0.2) is 0 Å². The lowest BCUT2D eigenvalue weighted by atomic mass is 10.1. The van der Waals surface area contributed by atoms with E-state index in [0.29, 0.717) is 0 Å². The van der Waals surface area contributed by atoms with Crippen molar-refractivity contribution in [2.75, 3.05) is 5.73 Å². The largest absolute Gasteiger partial charge is 0.399 e. The van der Waals surface area contributed by atoms with Gasteiger partial charge in [-0.3, -0.25) is 4.79 Å². The van der Waals surface area contributed by atoms with E-state index in [1.54, 1.807) is 4.57 Å². The van der Waals surface area contributed by atoms with E-state index in [2.05, 4.69) is 0 Å². The Bertz CT molecular complexity index is 484. The zero-order valence-corrected chi connectivity index (χ0v) is 9.04. The summed E-state index contributed by atoms with van der Waals surface area (Å²) < 4.78 is 1.72. The van der Waals surface area contributed by atoms with Crippen LogP contribution in [0, 0.1) is 0 Å². The van der Waals surface area contributed by atoms with Crippen LogP contribution in [0.4, 0.5) is 5.69 Å². The second-order valence-corrected chi connectivity index (χ2v) is 4.21. The molecule has 2 aromatic rings. The van der Waals surface area contributed by atoms with Gasteiger partial charge in [-0.15, -0.1) is 0 Å². The molecule has 0 spiro atoms. The van der Waals surface area contributed by atoms with E-state index in [1.165, 1.54) is 16.9 Å². The van der Waals surface area contributed by atoms with Crippen molar-refractivity contribution in [3.8, 4) is 0 Å². The first-order chi connectivity index (χ1) is 7.25. The molecule has 1 aromatic carbocycles. The van der Waals surface area contributed by atoms with Gasteiger partial charge in [0.2, 0.25) is 0 Å². The normalized spacial score (nSPS) is 10.4. The van der Waals surface area contributed by atoms with Crippen LogP contribution in [0.1, 0.15) is 5.56 Å². The van der Waals surface area contributed by atoms with Gasteiger partial charge >= 0.3 is 4.87 Å². The van der Waals surface area contributed by atoms with Crippen molar-refractivity contribution >= 4 is 17.0 Å². The van der Waals surface area contributed by atoms with E-state index >= 15 is 0 Å². The SMILES string of the molecule is Nc1ccc(CCn2ccsc2=O)cc1. The maximum atomic E-state index is 11.3. The quantitative estimate of drug-likeness (QED) is 0.801. The van der Waals surface area contributed by atoms with Gasteiger partial charge in [-0.1, -0.05) is 23.5 Å². The Kier molecular flexibility index (Phi) is 2.87. The van der Waals surface area contributed by atoms with Crippen LogP contribution in [0.2, 0.25) is 0 Å². The fourth-order valence-corrected chi connectivity index (χ4v) is 2.00. The molecule has 3 nitrogen and oxygen atoms in total.